The molecule has 0 saturated carbocycles. The molecule has 0 saturated heterocycles. The van der Waals surface area contributed by atoms with Gasteiger partial charge in [-0.2, -0.15) is 0 Å². The lowest BCUT2D eigenvalue weighted by Crippen LogP contribution is -2.28. The summed E-state index contributed by atoms with van der Waals surface area (Å²) in [6, 6.07) is 0. The predicted molar refractivity (Wildman–Crippen MR) is 60.6 cm³/mol. The van der Waals surface area contributed by atoms with Crippen LogP contribution in [0.25, 0.3) is 0 Å². The Morgan fingerprint density at radius 3 is 2.47 bits per heavy atom. The highest BCUT2D eigenvalue weighted by Gasteiger charge is 2.12. The molecule has 1 aromatic heterocycles. The van der Waals surface area contributed by atoms with Crippen molar-refractivity contribution in [2.75, 3.05) is 13.6 Å². The van der Waals surface area contributed by atoms with Crippen LogP contribution in [0.2, 0.25) is 0 Å². The average Bonchev–Trinajstić information content (AvgIpc) is 2.28. The van der Waals surface area contributed by atoms with Crippen molar-refractivity contribution >= 4 is 11.9 Å². The van der Waals surface area contributed by atoms with E-state index >= 15 is 0 Å². The van der Waals surface area contributed by atoms with Crippen LogP contribution < -0.4 is 0 Å². The highest BCUT2D eigenvalue weighted by atomic mass is 16.4. The predicted octanol–water partition coefficient (Wildman–Crippen LogP) is 0.722. The third kappa shape index (κ3) is 4.18. The van der Waals surface area contributed by atoms with Crippen molar-refractivity contribution < 1.29 is 14.7 Å². The van der Waals surface area contributed by atoms with Crippen molar-refractivity contribution in [3.05, 3.63) is 23.8 Å². The maximum Gasteiger partial charge on any atom is 0.303 e. The van der Waals surface area contributed by atoms with Crippen molar-refractivity contribution in [1.82, 2.24) is 14.9 Å². The zero-order chi connectivity index (χ0) is 12.8. The Balaban J connectivity index is 2.51. The minimum absolute atomic E-state index is 0.0576. The monoisotopic (exact) mass is 237 g/mol. The zero-order valence-corrected chi connectivity index (χ0v) is 9.88. The van der Waals surface area contributed by atoms with Gasteiger partial charge in [-0.3, -0.25) is 9.59 Å². The average molecular weight is 237 g/mol. The van der Waals surface area contributed by atoms with Gasteiger partial charge in [-0.05, 0) is 13.3 Å². The first-order valence-electron chi connectivity index (χ1n) is 5.26. The van der Waals surface area contributed by atoms with Gasteiger partial charge in [0, 0.05) is 32.4 Å². The number of nitrogens with zero attached hydrogens (tertiary/aromatic N) is 3. The molecule has 0 aliphatic carbocycles. The maximum absolute atomic E-state index is 11.8. The molecule has 1 aromatic rings. The van der Waals surface area contributed by atoms with Crippen LogP contribution in [0.5, 0.6) is 0 Å². The van der Waals surface area contributed by atoms with E-state index in [-0.39, 0.29) is 12.3 Å². The molecule has 0 unspecified atom stereocenters. The minimum atomic E-state index is -0.857. The van der Waals surface area contributed by atoms with Crippen LogP contribution in [0.15, 0.2) is 12.4 Å². The summed E-state index contributed by atoms with van der Waals surface area (Å²) < 4.78 is 0. The lowest BCUT2D eigenvalue weighted by Gasteiger charge is -2.16. The largest absolute Gasteiger partial charge is 0.481 e. The molecule has 92 valence electrons. The van der Waals surface area contributed by atoms with Gasteiger partial charge in [0.1, 0.15) is 5.82 Å². The first-order valence-corrected chi connectivity index (χ1v) is 5.26. The fourth-order valence-electron chi connectivity index (χ4n) is 1.29. The third-order valence-corrected chi connectivity index (χ3v) is 2.26. The molecule has 0 bridgehead atoms. The Hall–Kier alpha value is -1.98. The molecule has 0 spiro atoms. The Bertz CT molecular complexity index is 403. The van der Waals surface area contributed by atoms with Gasteiger partial charge >= 0.3 is 5.97 Å². The zero-order valence-electron chi connectivity index (χ0n) is 9.88. The van der Waals surface area contributed by atoms with Gasteiger partial charge in [-0.15, -0.1) is 0 Å². The van der Waals surface area contributed by atoms with E-state index in [0.717, 1.165) is 0 Å². The van der Waals surface area contributed by atoms with Gasteiger partial charge in [-0.25, -0.2) is 9.97 Å². The van der Waals surface area contributed by atoms with E-state index in [1.165, 1.54) is 17.3 Å². The lowest BCUT2D eigenvalue weighted by molar-refractivity contribution is -0.137. The fraction of sp³-hybridized carbons (Fsp3) is 0.455. The highest BCUT2D eigenvalue weighted by molar-refractivity contribution is 5.93. The van der Waals surface area contributed by atoms with Crippen LogP contribution in [0.3, 0.4) is 0 Å². The molecule has 6 heteroatoms. The summed E-state index contributed by atoms with van der Waals surface area (Å²) in [5.41, 5.74) is 0.411. The molecule has 6 nitrogen and oxygen atoms in total. The molecule has 0 aromatic carbocycles. The van der Waals surface area contributed by atoms with Gasteiger partial charge in [0.25, 0.3) is 5.91 Å². The van der Waals surface area contributed by atoms with E-state index in [4.69, 9.17) is 5.11 Å². The van der Waals surface area contributed by atoms with Gasteiger partial charge in [0.05, 0.1) is 5.56 Å². The standard InChI is InChI=1S/C11H15N3O3/c1-8-12-6-9(7-13-8)11(17)14(2)5-3-4-10(15)16/h6-7H,3-5H2,1-2H3,(H,15,16). The fourth-order valence-corrected chi connectivity index (χ4v) is 1.29. The van der Waals surface area contributed by atoms with E-state index in [0.29, 0.717) is 24.4 Å². The van der Waals surface area contributed by atoms with Gasteiger partial charge in [0.2, 0.25) is 0 Å². The molecule has 1 rings (SSSR count). The summed E-state index contributed by atoms with van der Waals surface area (Å²) in [7, 11) is 1.63. The number of carboxylic acids is 1. The quantitative estimate of drug-likeness (QED) is 0.815. The van der Waals surface area contributed by atoms with Gasteiger partial charge < -0.3 is 10.0 Å². The lowest BCUT2D eigenvalue weighted by atomic mass is 10.2. The summed E-state index contributed by atoms with van der Waals surface area (Å²) in [6.45, 7) is 2.14. The van der Waals surface area contributed by atoms with Gasteiger partial charge in [0.15, 0.2) is 0 Å². The second-order valence-electron chi connectivity index (χ2n) is 3.74. The number of carbonyl (C=O) groups excluding carboxylic acids is 1. The number of amides is 1. The Kier molecular flexibility index (Phi) is 4.56. The summed E-state index contributed by atoms with van der Waals surface area (Å²) in [4.78, 5) is 31.5. The molecule has 0 aliphatic heterocycles. The number of carboxylic acid groups (broad SMARTS) is 1. The van der Waals surface area contributed by atoms with Crippen LogP contribution >= 0.6 is 0 Å². The summed E-state index contributed by atoms with van der Waals surface area (Å²) in [5.74, 6) is -0.449. The number of carbonyl (C=O) groups is 2. The molecule has 1 N–H and O–H groups in total. The molecular formula is C11H15N3O3. The Morgan fingerprint density at radius 1 is 1.35 bits per heavy atom. The maximum atomic E-state index is 11.8. The Morgan fingerprint density at radius 2 is 1.94 bits per heavy atom. The molecule has 0 fully saturated rings. The molecule has 0 radical (unpaired) electrons. The molecule has 1 amide bonds. The molecule has 0 aliphatic rings. The van der Waals surface area contributed by atoms with E-state index < -0.39 is 5.97 Å². The van der Waals surface area contributed by atoms with Crippen LogP contribution in [0.4, 0.5) is 0 Å². The second-order valence-corrected chi connectivity index (χ2v) is 3.74. The Labute approximate surface area is 99.3 Å². The summed E-state index contributed by atoms with van der Waals surface area (Å²) >= 11 is 0. The number of rotatable bonds is 5. The molecule has 0 atom stereocenters. The van der Waals surface area contributed by atoms with Crippen LogP contribution in [-0.4, -0.2) is 45.4 Å². The highest BCUT2D eigenvalue weighted by Crippen LogP contribution is 2.02. The van der Waals surface area contributed by atoms with Crippen molar-refractivity contribution in [3.8, 4) is 0 Å². The van der Waals surface area contributed by atoms with E-state index in [9.17, 15) is 9.59 Å². The normalized spacial score (nSPS) is 10.0. The number of aliphatic carboxylic acids is 1. The first kappa shape index (κ1) is 13.1. The number of aryl methyl sites for hydroxylation is 1. The van der Waals surface area contributed by atoms with Crippen LogP contribution in [-0.2, 0) is 4.79 Å². The number of aromatic nitrogens is 2. The topological polar surface area (TPSA) is 83.4 Å². The van der Waals surface area contributed by atoms with Crippen molar-refractivity contribution in [2.45, 2.75) is 19.8 Å². The summed E-state index contributed by atoms with van der Waals surface area (Å²) in [6.07, 6.45) is 3.43. The van der Waals surface area contributed by atoms with Crippen molar-refractivity contribution in [1.29, 1.82) is 0 Å². The molecule has 17 heavy (non-hydrogen) atoms. The van der Waals surface area contributed by atoms with E-state index in [1.54, 1.807) is 14.0 Å². The van der Waals surface area contributed by atoms with Crippen LogP contribution in [0, 0.1) is 6.92 Å². The number of hydrogen-bond acceptors (Lipinski definition) is 4. The molecular weight excluding hydrogens is 222 g/mol. The van der Waals surface area contributed by atoms with E-state index in [1.807, 2.05) is 0 Å². The summed E-state index contributed by atoms with van der Waals surface area (Å²) in [5, 5.41) is 8.49. The first-order chi connectivity index (χ1) is 8.00. The smallest absolute Gasteiger partial charge is 0.303 e. The number of hydrogen-bond donors (Lipinski definition) is 1. The SMILES string of the molecule is Cc1ncc(C(=O)N(C)CCCC(=O)O)cn1. The minimum Gasteiger partial charge on any atom is -0.481 e. The second kappa shape index (κ2) is 5.93. The van der Waals surface area contributed by atoms with Crippen molar-refractivity contribution in [3.63, 3.8) is 0 Å². The van der Waals surface area contributed by atoms with E-state index in [2.05, 4.69) is 9.97 Å². The molecule has 1 heterocycles. The third-order valence-electron chi connectivity index (χ3n) is 2.26. The van der Waals surface area contributed by atoms with Gasteiger partial charge in [-0.1, -0.05) is 0 Å². The van der Waals surface area contributed by atoms with Crippen LogP contribution in [0.1, 0.15) is 29.0 Å². The van der Waals surface area contributed by atoms with Crippen molar-refractivity contribution in [2.24, 2.45) is 0 Å².